The second kappa shape index (κ2) is 5.38. The summed E-state index contributed by atoms with van der Waals surface area (Å²) in [5.74, 6) is 0. The molecule has 0 spiro atoms. The molecule has 1 saturated heterocycles. The molecule has 2 heterocycles. The van der Waals surface area contributed by atoms with Gasteiger partial charge in [-0.05, 0) is 19.1 Å². The van der Waals surface area contributed by atoms with Crippen molar-refractivity contribution in [2.24, 2.45) is 0 Å². The van der Waals surface area contributed by atoms with E-state index in [1.807, 2.05) is 0 Å². The summed E-state index contributed by atoms with van der Waals surface area (Å²) in [6.07, 6.45) is -3.06. The summed E-state index contributed by atoms with van der Waals surface area (Å²) >= 11 is 0. The molecule has 0 N–H and O–H groups in total. The van der Waals surface area contributed by atoms with Crippen LogP contribution in [0, 0.1) is 0 Å². The molecule has 5 nitrogen and oxygen atoms in total. The van der Waals surface area contributed by atoms with Crippen molar-refractivity contribution in [2.75, 3.05) is 26.2 Å². The number of piperazine rings is 1. The minimum absolute atomic E-state index is 0.0173. The molecule has 0 aliphatic carbocycles. The Labute approximate surface area is 115 Å². The SMILES string of the molecule is CC(N1CCN(S(=O)(=O)c2ccco2)CC1)C(F)(F)F. The largest absolute Gasteiger partial charge is 0.452 e. The molecule has 0 aromatic carbocycles. The van der Waals surface area contributed by atoms with Crippen LogP contribution in [-0.2, 0) is 10.0 Å². The number of sulfonamides is 1. The van der Waals surface area contributed by atoms with Crippen molar-refractivity contribution in [3.63, 3.8) is 0 Å². The average Bonchev–Trinajstić information content (AvgIpc) is 2.91. The predicted molar refractivity (Wildman–Crippen MR) is 64.6 cm³/mol. The monoisotopic (exact) mass is 312 g/mol. The molecule has 1 aliphatic rings. The van der Waals surface area contributed by atoms with Gasteiger partial charge in [-0.15, -0.1) is 0 Å². The fourth-order valence-electron chi connectivity index (χ4n) is 2.08. The molecular formula is C11H15F3N2O3S. The van der Waals surface area contributed by atoms with Gasteiger partial charge in [-0.3, -0.25) is 4.90 Å². The van der Waals surface area contributed by atoms with Crippen molar-refractivity contribution >= 4 is 10.0 Å². The van der Waals surface area contributed by atoms with Gasteiger partial charge in [-0.25, -0.2) is 8.42 Å². The summed E-state index contributed by atoms with van der Waals surface area (Å²) in [4.78, 5) is 1.23. The Kier molecular flexibility index (Phi) is 4.12. The molecule has 0 bridgehead atoms. The molecule has 1 aromatic rings. The van der Waals surface area contributed by atoms with Crippen LogP contribution in [0.15, 0.2) is 27.9 Å². The minimum Gasteiger partial charge on any atom is -0.452 e. The maximum absolute atomic E-state index is 12.6. The summed E-state index contributed by atoms with van der Waals surface area (Å²) in [6, 6.07) is 1.20. The zero-order chi connectivity index (χ0) is 15.0. The first-order chi connectivity index (χ1) is 9.23. The summed E-state index contributed by atoms with van der Waals surface area (Å²) in [5, 5.41) is -0.185. The summed E-state index contributed by atoms with van der Waals surface area (Å²) in [5.41, 5.74) is 0. The maximum atomic E-state index is 12.6. The number of alkyl halides is 3. The molecule has 2 rings (SSSR count). The molecule has 0 saturated carbocycles. The van der Waals surface area contributed by atoms with Gasteiger partial charge in [-0.1, -0.05) is 0 Å². The molecule has 114 valence electrons. The Morgan fingerprint density at radius 3 is 2.30 bits per heavy atom. The van der Waals surface area contributed by atoms with E-state index >= 15 is 0 Å². The predicted octanol–water partition coefficient (Wildman–Crippen LogP) is 1.54. The number of nitrogens with zero attached hydrogens (tertiary/aromatic N) is 2. The highest BCUT2D eigenvalue weighted by atomic mass is 32.2. The zero-order valence-corrected chi connectivity index (χ0v) is 11.6. The molecule has 1 aromatic heterocycles. The lowest BCUT2D eigenvalue weighted by atomic mass is 10.2. The van der Waals surface area contributed by atoms with Crippen LogP contribution >= 0.6 is 0 Å². The van der Waals surface area contributed by atoms with Crippen LogP contribution in [-0.4, -0.2) is 56.0 Å². The number of rotatable bonds is 3. The van der Waals surface area contributed by atoms with Crippen molar-refractivity contribution in [1.29, 1.82) is 0 Å². The van der Waals surface area contributed by atoms with Crippen molar-refractivity contribution in [3.05, 3.63) is 18.4 Å². The van der Waals surface area contributed by atoms with Crippen LogP contribution in [0.5, 0.6) is 0 Å². The Morgan fingerprint density at radius 1 is 1.25 bits per heavy atom. The molecule has 20 heavy (non-hydrogen) atoms. The van der Waals surface area contributed by atoms with E-state index in [0.29, 0.717) is 0 Å². The fraction of sp³-hybridized carbons (Fsp3) is 0.636. The Morgan fingerprint density at radius 2 is 1.85 bits per heavy atom. The van der Waals surface area contributed by atoms with Gasteiger partial charge >= 0.3 is 6.18 Å². The smallest absolute Gasteiger partial charge is 0.403 e. The van der Waals surface area contributed by atoms with E-state index in [1.54, 1.807) is 0 Å². The van der Waals surface area contributed by atoms with Gasteiger partial charge in [-0.2, -0.15) is 17.5 Å². The van der Waals surface area contributed by atoms with Gasteiger partial charge in [0, 0.05) is 26.2 Å². The van der Waals surface area contributed by atoms with Gasteiger partial charge in [0.25, 0.3) is 10.0 Å². The van der Waals surface area contributed by atoms with Gasteiger partial charge in [0.2, 0.25) is 5.09 Å². The molecule has 1 aliphatic heterocycles. The van der Waals surface area contributed by atoms with Crippen LogP contribution in [0.2, 0.25) is 0 Å². The molecule has 1 unspecified atom stereocenters. The summed E-state index contributed by atoms with van der Waals surface area (Å²) in [7, 11) is -3.74. The first-order valence-corrected chi connectivity index (χ1v) is 7.51. The van der Waals surface area contributed by atoms with Gasteiger partial charge in [0.1, 0.15) is 6.04 Å². The van der Waals surface area contributed by atoms with Crippen LogP contribution in [0.25, 0.3) is 0 Å². The highest BCUT2D eigenvalue weighted by Crippen LogP contribution is 2.26. The Balaban J connectivity index is 2.02. The van der Waals surface area contributed by atoms with E-state index < -0.39 is 22.2 Å². The van der Waals surface area contributed by atoms with Crippen LogP contribution in [0.4, 0.5) is 13.2 Å². The number of furan rings is 1. The average molecular weight is 312 g/mol. The first-order valence-electron chi connectivity index (χ1n) is 6.07. The van der Waals surface area contributed by atoms with Gasteiger partial charge < -0.3 is 4.42 Å². The third kappa shape index (κ3) is 2.99. The van der Waals surface area contributed by atoms with Crippen molar-refractivity contribution < 1.29 is 26.0 Å². The van der Waals surface area contributed by atoms with Crippen molar-refractivity contribution in [2.45, 2.75) is 24.2 Å². The zero-order valence-electron chi connectivity index (χ0n) is 10.8. The number of halogens is 3. The summed E-state index contributed by atoms with van der Waals surface area (Å²) in [6.45, 7) is 1.20. The molecule has 1 fully saturated rings. The van der Waals surface area contributed by atoms with E-state index in [4.69, 9.17) is 4.42 Å². The second-order valence-electron chi connectivity index (χ2n) is 4.59. The third-order valence-electron chi connectivity index (χ3n) is 3.38. The molecule has 1 atom stereocenters. The van der Waals surface area contributed by atoms with Crippen LogP contribution in [0.3, 0.4) is 0 Å². The van der Waals surface area contributed by atoms with E-state index in [9.17, 15) is 21.6 Å². The molecule has 9 heteroatoms. The topological polar surface area (TPSA) is 53.8 Å². The van der Waals surface area contributed by atoms with Gasteiger partial charge in [0.05, 0.1) is 6.26 Å². The second-order valence-corrected chi connectivity index (χ2v) is 6.46. The highest BCUT2D eigenvalue weighted by molar-refractivity contribution is 7.89. The maximum Gasteiger partial charge on any atom is 0.403 e. The molecule has 0 radical (unpaired) electrons. The number of hydrogen-bond donors (Lipinski definition) is 0. The van der Waals surface area contributed by atoms with E-state index in [1.165, 1.54) is 23.3 Å². The van der Waals surface area contributed by atoms with Gasteiger partial charge in [0.15, 0.2) is 0 Å². The minimum atomic E-state index is -4.30. The molecular weight excluding hydrogens is 297 g/mol. The Bertz CT molecular complexity index is 534. The first kappa shape index (κ1) is 15.3. The fourth-order valence-corrected chi connectivity index (χ4v) is 3.40. The third-order valence-corrected chi connectivity index (χ3v) is 5.17. The molecule has 0 amide bonds. The number of hydrogen-bond acceptors (Lipinski definition) is 4. The van der Waals surface area contributed by atoms with Crippen molar-refractivity contribution in [1.82, 2.24) is 9.21 Å². The lowest BCUT2D eigenvalue weighted by molar-refractivity contribution is -0.181. The quantitative estimate of drug-likeness (QED) is 0.849. The van der Waals surface area contributed by atoms with Crippen LogP contribution in [0.1, 0.15) is 6.92 Å². The highest BCUT2D eigenvalue weighted by Gasteiger charge is 2.42. The lowest BCUT2D eigenvalue weighted by Crippen LogP contribution is -2.54. The standard InChI is InChI=1S/C11H15F3N2O3S/c1-9(11(12,13)14)15-4-6-16(7-5-15)20(17,18)10-3-2-8-19-10/h2-3,8-9H,4-7H2,1H3. The summed E-state index contributed by atoms with van der Waals surface area (Å²) < 4.78 is 68.0. The van der Waals surface area contributed by atoms with Crippen molar-refractivity contribution in [3.8, 4) is 0 Å². The van der Waals surface area contributed by atoms with E-state index in [2.05, 4.69) is 0 Å². The lowest BCUT2D eigenvalue weighted by Gasteiger charge is -2.37. The van der Waals surface area contributed by atoms with E-state index in [0.717, 1.165) is 11.2 Å². The van der Waals surface area contributed by atoms with E-state index in [-0.39, 0.29) is 31.3 Å². The van der Waals surface area contributed by atoms with Crippen LogP contribution < -0.4 is 0 Å². The Hall–Kier alpha value is -1.06. The normalized spacial score (nSPS) is 21.0.